The van der Waals surface area contributed by atoms with Crippen LogP contribution < -0.4 is 10.5 Å². The van der Waals surface area contributed by atoms with Gasteiger partial charge in [0, 0.05) is 5.75 Å². The second-order valence-electron chi connectivity index (χ2n) is 4.86. The van der Waals surface area contributed by atoms with Crippen LogP contribution in [0.5, 0.6) is 5.75 Å². The summed E-state index contributed by atoms with van der Waals surface area (Å²) in [5.74, 6) is 1.63. The minimum absolute atomic E-state index is 0.570. The zero-order valence-electron chi connectivity index (χ0n) is 12.6. The number of thioether (sulfide) groups is 1. The van der Waals surface area contributed by atoms with E-state index in [1.54, 1.807) is 7.11 Å². The average molecular weight is 300 g/mol. The van der Waals surface area contributed by atoms with Crippen molar-refractivity contribution in [2.24, 2.45) is 10.7 Å². The Kier molecular flexibility index (Phi) is 5.28. The van der Waals surface area contributed by atoms with Gasteiger partial charge in [-0.25, -0.2) is 4.99 Å². The van der Waals surface area contributed by atoms with Crippen molar-refractivity contribution in [1.82, 2.24) is 0 Å². The van der Waals surface area contributed by atoms with Gasteiger partial charge in [-0.05, 0) is 54.8 Å². The standard InChI is InChI=1S/C17H20N2OS/c1-12-7-8-15(9-13(12)2)19-17(18)21-11-14-5-4-6-16(10-14)20-3/h4-10H,11H2,1-3H3,(H2,18,19). The highest BCUT2D eigenvalue weighted by atomic mass is 32.2. The van der Waals surface area contributed by atoms with Gasteiger partial charge in [0.25, 0.3) is 0 Å². The fourth-order valence-corrected chi connectivity index (χ4v) is 2.54. The van der Waals surface area contributed by atoms with E-state index in [4.69, 9.17) is 10.5 Å². The summed E-state index contributed by atoms with van der Waals surface area (Å²) in [6, 6.07) is 14.1. The molecule has 2 rings (SSSR count). The number of nitrogens with two attached hydrogens (primary N) is 1. The number of aryl methyl sites for hydroxylation is 2. The molecule has 0 unspecified atom stereocenters. The highest BCUT2D eigenvalue weighted by molar-refractivity contribution is 8.13. The van der Waals surface area contributed by atoms with Gasteiger partial charge >= 0.3 is 0 Å². The number of ether oxygens (including phenoxy) is 1. The molecular weight excluding hydrogens is 280 g/mol. The summed E-state index contributed by atoms with van der Waals surface area (Å²) >= 11 is 1.53. The van der Waals surface area contributed by atoms with Gasteiger partial charge < -0.3 is 10.5 Å². The first-order valence-electron chi connectivity index (χ1n) is 6.75. The summed E-state index contributed by atoms with van der Waals surface area (Å²) in [6.07, 6.45) is 0. The molecule has 0 fully saturated rings. The quantitative estimate of drug-likeness (QED) is 0.680. The van der Waals surface area contributed by atoms with Crippen LogP contribution in [0.25, 0.3) is 0 Å². The lowest BCUT2D eigenvalue weighted by molar-refractivity contribution is 0.414. The maximum atomic E-state index is 5.99. The lowest BCUT2D eigenvalue weighted by Crippen LogP contribution is -2.06. The number of amidine groups is 1. The minimum Gasteiger partial charge on any atom is -0.497 e. The highest BCUT2D eigenvalue weighted by Crippen LogP contribution is 2.21. The van der Waals surface area contributed by atoms with E-state index in [0.29, 0.717) is 5.17 Å². The van der Waals surface area contributed by atoms with Crippen LogP contribution >= 0.6 is 11.8 Å². The maximum absolute atomic E-state index is 5.99. The Morgan fingerprint density at radius 1 is 1.14 bits per heavy atom. The van der Waals surface area contributed by atoms with Crippen molar-refractivity contribution in [2.45, 2.75) is 19.6 Å². The molecule has 0 saturated heterocycles. The Bertz CT molecular complexity index is 653. The summed E-state index contributed by atoms with van der Waals surface area (Å²) in [6.45, 7) is 4.16. The highest BCUT2D eigenvalue weighted by Gasteiger charge is 2.00. The van der Waals surface area contributed by atoms with E-state index in [2.05, 4.69) is 31.0 Å². The predicted octanol–water partition coefficient (Wildman–Crippen LogP) is 4.19. The van der Waals surface area contributed by atoms with Gasteiger partial charge in [0.15, 0.2) is 5.17 Å². The number of hydrogen-bond acceptors (Lipinski definition) is 3. The Balaban J connectivity index is 2.01. The molecule has 0 saturated carbocycles. The van der Waals surface area contributed by atoms with Crippen molar-refractivity contribution in [3.8, 4) is 5.75 Å². The second-order valence-corrected chi connectivity index (χ2v) is 5.85. The molecule has 0 radical (unpaired) electrons. The number of nitrogens with zero attached hydrogens (tertiary/aromatic N) is 1. The first-order valence-corrected chi connectivity index (χ1v) is 7.74. The first kappa shape index (κ1) is 15.4. The molecule has 2 N–H and O–H groups in total. The predicted molar refractivity (Wildman–Crippen MR) is 91.5 cm³/mol. The molecule has 0 aliphatic rings. The third kappa shape index (κ3) is 4.53. The minimum atomic E-state index is 0.570. The van der Waals surface area contributed by atoms with Crippen LogP contribution in [0.2, 0.25) is 0 Å². The summed E-state index contributed by atoms with van der Waals surface area (Å²) in [4.78, 5) is 4.44. The molecule has 0 atom stereocenters. The topological polar surface area (TPSA) is 47.6 Å². The fourth-order valence-electron chi connectivity index (χ4n) is 1.87. The SMILES string of the molecule is COc1cccc(CSC(N)=Nc2ccc(C)c(C)c2)c1. The van der Waals surface area contributed by atoms with Crippen molar-refractivity contribution in [1.29, 1.82) is 0 Å². The number of methoxy groups -OCH3 is 1. The summed E-state index contributed by atoms with van der Waals surface area (Å²) in [5.41, 5.74) is 10.5. The van der Waals surface area contributed by atoms with Gasteiger partial charge in [-0.3, -0.25) is 0 Å². The van der Waals surface area contributed by atoms with Gasteiger partial charge in [0.2, 0.25) is 0 Å². The summed E-state index contributed by atoms with van der Waals surface area (Å²) in [5, 5.41) is 0.570. The number of benzene rings is 2. The molecule has 0 heterocycles. The number of hydrogen-bond donors (Lipinski definition) is 1. The Morgan fingerprint density at radius 2 is 1.95 bits per heavy atom. The summed E-state index contributed by atoms with van der Waals surface area (Å²) in [7, 11) is 1.67. The zero-order valence-corrected chi connectivity index (χ0v) is 13.4. The van der Waals surface area contributed by atoms with E-state index in [9.17, 15) is 0 Å². The van der Waals surface area contributed by atoms with E-state index < -0.39 is 0 Å². The van der Waals surface area contributed by atoms with E-state index in [0.717, 1.165) is 22.8 Å². The first-order chi connectivity index (χ1) is 10.1. The lowest BCUT2D eigenvalue weighted by atomic mass is 10.1. The third-order valence-electron chi connectivity index (χ3n) is 3.25. The van der Waals surface area contributed by atoms with Gasteiger partial charge in [-0.2, -0.15) is 0 Å². The number of aliphatic imine (C=N–C) groups is 1. The van der Waals surface area contributed by atoms with Crippen LogP contribution in [-0.4, -0.2) is 12.3 Å². The molecule has 4 heteroatoms. The van der Waals surface area contributed by atoms with Crippen LogP contribution in [-0.2, 0) is 5.75 Å². The van der Waals surface area contributed by atoms with Crippen molar-refractivity contribution in [2.75, 3.05) is 7.11 Å². The van der Waals surface area contributed by atoms with E-state index in [1.807, 2.05) is 30.3 Å². The Labute approximate surface area is 130 Å². The molecule has 0 spiro atoms. The molecule has 2 aromatic rings. The Hall–Kier alpha value is -1.94. The van der Waals surface area contributed by atoms with Crippen LogP contribution in [0.15, 0.2) is 47.5 Å². The van der Waals surface area contributed by atoms with Crippen molar-refractivity contribution < 1.29 is 4.74 Å². The van der Waals surface area contributed by atoms with Gasteiger partial charge in [0.1, 0.15) is 5.75 Å². The molecule has 3 nitrogen and oxygen atoms in total. The molecule has 0 aliphatic heterocycles. The van der Waals surface area contributed by atoms with E-state index in [1.165, 1.54) is 22.9 Å². The van der Waals surface area contributed by atoms with Crippen LogP contribution in [0, 0.1) is 13.8 Å². The number of rotatable bonds is 4. The molecule has 2 aromatic carbocycles. The van der Waals surface area contributed by atoms with Crippen molar-refractivity contribution in [3.05, 3.63) is 59.2 Å². The van der Waals surface area contributed by atoms with Crippen molar-refractivity contribution >= 4 is 22.6 Å². The zero-order chi connectivity index (χ0) is 15.2. The molecule has 21 heavy (non-hydrogen) atoms. The third-order valence-corrected chi connectivity index (χ3v) is 4.12. The maximum Gasteiger partial charge on any atom is 0.159 e. The molecule has 110 valence electrons. The smallest absolute Gasteiger partial charge is 0.159 e. The normalized spacial score (nSPS) is 11.5. The monoisotopic (exact) mass is 300 g/mol. The molecule has 0 aliphatic carbocycles. The summed E-state index contributed by atoms with van der Waals surface area (Å²) < 4.78 is 5.21. The molecule has 0 amide bonds. The van der Waals surface area contributed by atoms with E-state index in [-0.39, 0.29) is 0 Å². The molecular formula is C17H20N2OS. The van der Waals surface area contributed by atoms with Crippen LogP contribution in [0.3, 0.4) is 0 Å². The van der Waals surface area contributed by atoms with Gasteiger partial charge in [-0.1, -0.05) is 30.0 Å². The van der Waals surface area contributed by atoms with Crippen molar-refractivity contribution in [3.63, 3.8) is 0 Å². The van der Waals surface area contributed by atoms with Crippen LogP contribution in [0.1, 0.15) is 16.7 Å². The fraction of sp³-hybridized carbons (Fsp3) is 0.235. The molecule has 0 aromatic heterocycles. The largest absolute Gasteiger partial charge is 0.497 e. The Morgan fingerprint density at radius 3 is 2.67 bits per heavy atom. The van der Waals surface area contributed by atoms with Crippen LogP contribution in [0.4, 0.5) is 5.69 Å². The lowest BCUT2D eigenvalue weighted by Gasteiger charge is -2.05. The second kappa shape index (κ2) is 7.18. The van der Waals surface area contributed by atoms with E-state index >= 15 is 0 Å². The molecule has 0 bridgehead atoms. The average Bonchev–Trinajstić information content (AvgIpc) is 2.49. The van der Waals surface area contributed by atoms with Gasteiger partial charge in [0.05, 0.1) is 12.8 Å². The van der Waals surface area contributed by atoms with Gasteiger partial charge in [-0.15, -0.1) is 0 Å².